The van der Waals surface area contributed by atoms with Crippen LogP contribution in [-0.2, 0) is 0 Å². The first-order valence-corrected chi connectivity index (χ1v) is 20.7. The van der Waals surface area contributed by atoms with E-state index in [9.17, 15) is 0 Å². The van der Waals surface area contributed by atoms with Crippen LogP contribution < -0.4 is 0 Å². The van der Waals surface area contributed by atoms with E-state index in [4.69, 9.17) is 0 Å². The van der Waals surface area contributed by atoms with E-state index in [1.165, 1.54) is 76.8 Å². The van der Waals surface area contributed by atoms with E-state index in [0.717, 1.165) is 0 Å². The van der Waals surface area contributed by atoms with Crippen molar-refractivity contribution in [3.8, 4) is 69.7 Å². The van der Waals surface area contributed by atoms with Crippen molar-refractivity contribution in [1.82, 2.24) is 0 Å². The molecule has 0 spiro atoms. The maximum Gasteiger partial charge on any atom is 0.0449 e. The SMILES string of the molecule is Ic1ccc(-c2ccc(-c3ccc(-c4ccc(-c5ccc(-c6ccc(-c7ccc(-c8ccc(I)cc8)s7)s6)s5)s4)s3)s2)cc1. The van der Waals surface area contributed by atoms with Crippen molar-refractivity contribution in [2.24, 2.45) is 0 Å². The van der Waals surface area contributed by atoms with Gasteiger partial charge in [0.2, 0.25) is 0 Å². The first-order valence-electron chi connectivity index (χ1n) is 13.7. The van der Waals surface area contributed by atoms with Crippen LogP contribution in [0.2, 0.25) is 0 Å². The Morgan fingerprint density at radius 3 is 0.636 bits per heavy atom. The molecule has 0 radical (unpaired) electrons. The van der Waals surface area contributed by atoms with E-state index in [-0.39, 0.29) is 0 Å². The summed E-state index contributed by atoms with van der Waals surface area (Å²) in [5, 5.41) is 0. The summed E-state index contributed by atoms with van der Waals surface area (Å²) in [6.45, 7) is 0. The van der Waals surface area contributed by atoms with E-state index in [1.54, 1.807) is 0 Å². The van der Waals surface area contributed by atoms with Gasteiger partial charge in [0.25, 0.3) is 0 Å². The Labute approximate surface area is 307 Å². The average Bonchev–Trinajstić information content (AvgIpc) is 3.88. The lowest BCUT2D eigenvalue weighted by atomic mass is 10.2. The predicted octanol–water partition coefficient (Wildman–Crippen LogP) is 14.9. The van der Waals surface area contributed by atoms with Crippen molar-refractivity contribution in [2.75, 3.05) is 0 Å². The molecule has 2 aromatic carbocycles. The van der Waals surface area contributed by atoms with Gasteiger partial charge >= 0.3 is 0 Å². The van der Waals surface area contributed by atoms with Crippen LogP contribution in [0, 0.1) is 7.14 Å². The van der Waals surface area contributed by atoms with Gasteiger partial charge in [0.1, 0.15) is 0 Å². The second-order valence-corrected chi connectivity index (χ2v) is 19.0. The van der Waals surface area contributed by atoms with Crippen molar-refractivity contribution in [2.45, 2.75) is 0 Å². The molecule has 0 fully saturated rings. The standard InChI is InChI=1S/C36H20I2S6/c37-23-5-1-21(2-6-23)25-9-11-27(39-25)29-13-15-31(41-29)33-17-19-35(43-33)36-20-18-34(44-36)32-16-14-30(42-32)28-12-10-26(40-28)22-3-7-24(38)8-4-22/h1-20H. The summed E-state index contributed by atoms with van der Waals surface area (Å²) >= 11 is 16.0. The molecule has 8 rings (SSSR count). The molecule has 8 heteroatoms. The van der Waals surface area contributed by atoms with Gasteiger partial charge in [0.05, 0.1) is 0 Å². The second-order valence-electron chi connectivity index (χ2n) is 10.00. The summed E-state index contributed by atoms with van der Waals surface area (Å²) in [6, 6.07) is 44.8. The van der Waals surface area contributed by atoms with Gasteiger partial charge in [-0.15, -0.1) is 68.0 Å². The van der Waals surface area contributed by atoms with Gasteiger partial charge in [0.15, 0.2) is 0 Å². The molecule has 6 aromatic heterocycles. The van der Waals surface area contributed by atoms with E-state index < -0.39 is 0 Å². The minimum absolute atomic E-state index is 1.27. The summed E-state index contributed by atoms with van der Waals surface area (Å²) in [4.78, 5) is 16.0. The van der Waals surface area contributed by atoms with Gasteiger partial charge in [-0.05, 0) is 153 Å². The number of hydrogen-bond donors (Lipinski definition) is 0. The van der Waals surface area contributed by atoms with E-state index in [0.29, 0.717) is 0 Å². The Bertz CT molecular complexity index is 2040. The zero-order valence-electron chi connectivity index (χ0n) is 22.8. The van der Waals surface area contributed by atoms with Crippen LogP contribution in [0.4, 0.5) is 0 Å². The lowest BCUT2D eigenvalue weighted by Crippen LogP contribution is -1.72. The predicted molar refractivity (Wildman–Crippen MR) is 217 cm³/mol. The molecule has 0 nitrogen and oxygen atoms in total. The van der Waals surface area contributed by atoms with E-state index in [1.807, 2.05) is 68.0 Å². The van der Waals surface area contributed by atoms with Crippen LogP contribution in [0.5, 0.6) is 0 Å². The minimum Gasteiger partial charge on any atom is -0.134 e. The van der Waals surface area contributed by atoms with Crippen molar-refractivity contribution >= 4 is 113 Å². The lowest BCUT2D eigenvalue weighted by Gasteiger charge is -1.97. The molecule has 0 bridgehead atoms. The monoisotopic (exact) mass is 898 g/mol. The molecular weight excluding hydrogens is 879 g/mol. The molecule has 44 heavy (non-hydrogen) atoms. The summed E-state index contributed by atoms with van der Waals surface area (Å²) in [5.74, 6) is 0. The smallest absolute Gasteiger partial charge is 0.0449 e. The third kappa shape index (κ3) is 6.12. The van der Waals surface area contributed by atoms with Gasteiger partial charge in [0, 0.05) is 65.7 Å². The van der Waals surface area contributed by atoms with Crippen LogP contribution >= 0.6 is 113 Å². The second kappa shape index (κ2) is 12.7. The molecule has 6 heterocycles. The average molecular weight is 899 g/mol. The fourth-order valence-electron chi connectivity index (χ4n) is 4.89. The van der Waals surface area contributed by atoms with Gasteiger partial charge < -0.3 is 0 Å². The molecule has 0 aliphatic rings. The van der Waals surface area contributed by atoms with E-state index >= 15 is 0 Å². The molecule has 0 N–H and O–H groups in total. The highest BCUT2D eigenvalue weighted by Crippen LogP contribution is 2.46. The Balaban J connectivity index is 0.980. The fourth-order valence-corrected chi connectivity index (χ4v) is 12.1. The number of halogens is 2. The maximum absolute atomic E-state index is 2.36. The van der Waals surface area contributed by atoms with Crippen LogP contribution in [0.25, 0.3) is 69.7 Å². The first-order chi connectivity index (χ1) is 21.6. The largest absolute Gasteiger partial charge is 0.134 e. The summed E-state index contributed by atoms with van der Waals surface area (Å²) < 4.78 is 2.53. The van der Waals surface area contributed by atoms with Crippen molar-refractivity contribution in [3.63, 3.8) is 0 Å². The Hall–Kier alpha value is -1.90. The lowest BCUT2D eigenvalue weighted by molar-refractivity contribution is 1.64. The highest BCUT2D eigenvalue weighted by atomic mass is 127. The van der Waals surface area contributed by atoms with Crippen molar-refractivity contribution in [1.29, 1.82) is 0 Å². The summed E-state index contributed by atoms with van der Waals surface area (Å²) in [6.07, 6.45) is 0. The molecule has 0 atom stereocenters. The quantitative estimate of drug-likeness (QED) is 0.140. The molecular formula is C36H20I2S6. The number of benzene rings is 2. The third-order valence-electron chi connectivity index (χ3n) is 7.11. The van der Waals surface area contributed by atoms with Gasteiger partial charge in [-0.3, -0.25) is 0 Å². The molecule has 0 unspecified atom stereocenters. The highest BCUT2D eigenvalue weighted by molar-refractivity contribution is 14.1. The Morgan fingerprint density at radius 1 is 0.227 bits per heavy atom. The van der Waals surface area contributed by atoms with Gasteiger partial charge in [-0.2, -0.15) is 0 Å². The Morgan fingerprint density at radius 2 is 0.409 bits per heavy atom. The third-order valence-corrected chi connectivity index (χ3v) is 16.1. The van der Waals surface area contributed by atoms with Gasteiger partial charge in [-0.25, -0.2) is 0 Å². The van der Waals surface area contributed by atoms with E-state index in [2.05, 4.69) is 167 Å². The molecule has 0 saturated carbocycles. The zero-order valence-corrected chi connectivity index (χ0v) is 32.0. The van der Waals surface area contributed by atoms with Crippen molar-refractivity contribution < 1.29 is 0 Å². The summed E-state index contributed by atoms with van der Waals surface area (Å²) in [5.41, 5.74) is 2.57. The molecule has 0 saturated heterocycles. The maximum atomic E-state index is 2.36. The summed E-state index contributed by atoms with van der Waals surface area (Å²) in [7, 11) is 0. The minimum atomic E-state index is 1.27. The molecule has 0 aliphatic heterocycles. The molecule has 0 aliphatic carbocycles. The molecule has 0 amide bonds. The fraction of sp³-hybridized carbons (Fsp3) is 0. The van der Waals surface area contributed by atoms with Crippen LogP contribution in [0.15, 0.2) is 121 Å². The van der Waals surface area contributed by atoms with Crippen LogP contribution in [0.1, 0.15) is 0 Å². The van der Waals surface area contributed by atoms with Crippen molar-refractivity contribution in [3.05, 3.63) is 128 Å². The topological polar surface area (TPSA) is 0 Å². The normalized spacial score (nSPS) is 11.4. The highest BCUT2D eigenvalue weighted by Gasteiger charge is 2.14. The number of rotatable bonds is 7. The van der Waals surface area contributed by atoms with Gasteiger partial charge in [-0.1, -0.05) is 24.3 Å². The zero-order chi connectivity index (χ0) is 29.6. The molecule has 214 valence electrons. The van der Waals surface area contributed by atoms with Crippen LogP contribution in [-0.4, -0.2) is 0 Å². The Kier molecular flexibility index (Phi) is 8.52. The van der Waals surface area contributed by atoms with Crippen LogP contribution in [0.3, 0.4) is 0 Å². The first kappa shape index (κ1) is 29.5. The number of thiophene rings is 6. The number of hydrogen-bond acceptors (Lipinski definition) is 6. The molecule has 8 aromatic rings.